The fraction of sp³-hybridized carbons (Fsp3) is 0.0435. The molecule has 3 aromatic carbocycles. The van der Waals surface area contributed by atoms with E-state index in [9.17, 15) is 14.7 Å². The van der Waals surface area contributed by atoms with E-state index in [-0.39, 0.29) is 5.70 Å². The van der Waals surface area contributed by atoms with Crippen LogP contribution < -0.4 is 10.1 Å². The number of ether oxygens (including phenoxy) is 1. The Bertz CT molecular complexity index is 1010. The molecular weight excluding hydrogens is 354 g/mol. The van der Waals surface area contributed by atoms with Gasteiger partial charge in [-0.15, -0.1) is 0 Å². The van der Waals surface area contributed by atoms with Crippen molar-refractivity contribution in [3.63, 3.8) is 0 Å². The molecule has 0 aliphatic carbocycles. The molecular formula is C23H19NO4. The molecule has 0 aliphatic heterocycles. The average molecular weight is 373 g/mol. The fourth-order valence-corrected chi connectivity index (χ4v) is 2.53. The second-order valence-electron chi connectivity index (χ2n) is 6.12. The topological polar surface area (TPSA) is 75.6 Å². The maximum Gasteiger partial charge on any atom is 0.352 e. The second kappa shape index (κ2) is 8.68. The Morgan fingerprint density at radius 2 is 1.54 bits per heavy atom. The smallest absolute Gasteiger partial charge is 0.352 e. The van der Waals surface area contributed by atoms with Crippen molar-refractivity contribution in [3.05, 3.63) is 101 Å². The summed E-state index contributed by atoms with van der Waals surface area (Å²) in [5.74, 6) is -0.304. The lowest BCUT2D eigenvalue weighted by Gasteiger charge is -2.09. The van der Waals surface area contributed by atoms with E-state index < -0.39 is 11.9 Å². The van der Waals surface area contributed by atoms with E-state index >= 15 is 0 Å². The van der Waals surface area contributed by atoms with Gasteiger partial charge < -0.3 is 15.2 Å². The number of aliphatic carboxylic acids is 1. The Kier molecular flexibility index (Phi) is 5.87. The number of benzene rings is 3. The van der Waals surface area contributed by atoms with Crippen LogP contribution in [0.1, 0.15) is 21.5 Å². The number of carboxylic acids is 1. The van der Waals surface area contributed by atoms with Gasteiger partial charge in [-0.1, -0.05) is 48.5 Å². The van der Waals surface area contributed by atoms with Gasteiger partial charge in [0, 0.05) is 5.56 Å². The summed E-state index contributed by atoms with van der Waals surface area (Å²) in [5.41, 5.74) is 1.82. The highest BCUT2D eigenvalue weighted by Crippen LogP contribution is 2.25. The summed E-state index contributed by atoms with van der Waals surface area (Å²) in [7, 11) is 0. The van der Waals surface area contributed by atoms with Gasteiger partial charge in [0.05, 0.1) is 0 Å². The Labute approximate surface area is 162 Å². The predicted molar refractivity (Wildman–Crippen MR) is 107 cm³/mol. The molecule has 0 aromatic heterocycles. The quantitative estimate of drug-likeness (QED) is 0.617. The Balaban J connectivity index is 1.75. The first kappa shape index (κ1) is 18.9. The lowest BCUT2D eigenvalue weighted by molar-refractivity contribution is -0.132. The minimum absolute atomic E-state index is 0.207. The van der Waals surface area contributed by atoms with E-state index in [0.717, 1.165) is 11.3 Å². The van der Waals surface area contributed by atoms with E-state index in [1.807, 2.05) is 31.2 Å². The molecule has 2 N–H and O–H groups in total. The van der Waals surface area contributed by atoms with Gasteiger partial charge in [0.15, 0.2) is 0 Å². The summed E-state index contributed by atoms with van der Waals surface area (Å²) in [6, 6.07) is 23.1. The van der Waals surface area contributed by atoms with Crippen molar-refractivity contribution in [2.45, 2.75) is 6.92 Å². The molecule has 0 bridgehead atoms. The third kappa shape index (κ3) is 4.86. The molecule has 0 atom stereocenters. The maximum atomic E-state index is 12.2. The van der Waals surface area contributed by atoms with Gasteiger partial charge in [0.2, 0.25) is 0 Å². The van der Waals surface area contributed by atoms with Crippen LogP contribution in [-0.4, -0.2) is 17.0 Å². The van der Waals surface area contributed by atoms with Crippen LogP contribution in [0.5, 0.6) is 11.5 Å². The number of carboxylic acid groups (broad SMARTS) is 1. The zero-order valence-corrected chi connectivity index (χ0v) is 15.3. The van der Waals surface area contributed by atoms with E-state index in [0.29, 0.717) is 16.9 Å². The van der Waals surface area contributed by atoms with Gasteiger partial charge in [0.25, 0.3) is 5.91 Å². The van der Waals surface area contributed by atoms with E-state index in [1.165, 1.54) is 6.08 Å². The van der Waals surface area contributed by atoms with Crippen molar-refractivity contribution in [3.8, 4) is 11.5 Å². The number of hydrogen-bond donors (Lipinski definition) is 2. The Hall–Kier alpha value is -3.86. The van der Waals surface area contributed by atoms with Gasteiger partial charge in [-0.25, -0.2) is 4.79 Å². The normalized spacial score (nSPS) is 11.0. The van der Waals surface area contributed by atoms with Crippen molar-refractivity contribution in [2.24, 2.45) is 0 Å². The number of carbonyl (C=O) groups excluding carboxylic acids is 1. The van der Waals surface area contributed by atoms with Gasteiger partial charge in [-0.2, -0.15) is 0 Å². The molecule has 3 aromatic rings. The minimum Gasteiger partial charge on any atom is -0.477 e. The van der Waals surface area contributed by atoms with Crippen LogP contribution in [0.2, 0.25) is 0 Å². The number of para-hydroxylation sites is 1. The zero-order chi connectivity index (χ0) is 19.9. The molecule has 0 spiro atoms. The van der Waals surface area contributed by atoms with Gasteiger partial charge in [-0.3, -0.25) is 4.79 Å². The van der Waals surface area contributed by atoms with Gasteiger partial charge in [-0.05, 0) is 54.5 Å². The highest BCUT2D eigenvalue weighted by Gasteiger charge is 2.13. The van der Waals surface area contributed by atoms with E-state index in [2.05, 4.69) is 5.32 Å². The third-order valence-corrected chi connectivity index (χ3v) is 4.03. The molecule has 0 heterocycles. The summed E-state index contributed by atoms with van der Waals surface area (Å²) in [5, 5.41) is 11.8. The minimum atomic E-state index is -1.22. The summed E-state index contributed by atoms with van der Waals surface area (Å²) >= 11 is 0. The molecule has 5 heteroatoms. The average Bonchev–Trinajstić information content (AvgIpc) is 2.71. The number of aryl methyl sites for hydroxylation is 1. The summed E-state index contributed by atoms with van der Waals surface area (Å²) in [6.07, 6.45) is 1.40. The summed E-state index contributed by atoms with van der Waals surface area (Å²) in [6.45, 7) is 1.96. The molecule has 0 saturated carbocycles. The first-order valence-electron chi connectivity index (χ1n) is 8.68. The predicted octanol–water partition coefficient (Wildman–Crippen LogP) is 4.64. The van der Waals surface area contributed by atoms with Gasteiger partial charge >= 0.3 is 5.97 Å². The molecule has 0 unspecified atom stereocenters. The van der Waals surface area contributed by atoms with Crippen LogP contribution in [-0.2, 0) is 4.79 Å². The van der Waals surface area contributed by atoms with Crippen LogP contribution in [0.25, 0.3) is 6.08 Å². The van der Waals surface area contributed by atoms with Crippen LogP contribution in [0.4, 0.5) is 0 Å². The van der Waals surface area contributed by atoms with Crippen molar-refractivity contribution >= 4 is 18.0 Å². The first-order valence-corrected chi connectivity index (χ1v) is 8.68. The Morgan fingerprint density at radius 1 is 0.893 bits per heavy atom. The van der Waals surface area contributed by atoms with Crippen molar-refractivity contribution in [2.75, 3.05) is 0 Å². The molecule has 3 rings (SSSR count). The van der Waals surface area contributed by atoms with Crippen LogP contribution in [0.3, 0.4) is 0 Å². The first-order chi connectivity index (χ1) is 13.5. The number of amides is 1. The number of rotatable bonds is 6. The molecule has 5 nitrogen and oxygen atoms in total. The fourth-order valence-electron chi connectivity index (χ4n) is 2.53. The number of carbonyl (C=O) groups is 2. The molecule has 28 heavy (non-hydrogen) atoms. The number of hydrogen-bond acceptors (Lipinski definition) is 3. The summed E-state index contributed by atoms with van der Waals surface area (Å²) < 4.78 is 5.83. The third-order valence-electron chi connectivity index (χ3n) is 4.03. The lowest BCUT2D eigenvalue weighted by atomic mass is 10.1. The van der Waals surface area contributed by atoms with Crippen LogP contribution >= 0.6 is 0 Å². The van der Waals surface area contributed by atoms with Crippen molar-refractivity contribution in [1.29, 1.82) is 0 Å². The molecule has 0 fully saturated rings. The SMILES string of the molecule is Cc1ccccc1Oc1ccc(/C=C(/NC(=O)c2ccccc2)C(=O)O)cc1. The zero-order valence-electron chi connectivity index (χ0n) is 15.3. The maximum absolute atomic E-state index is 12.2. The number of nitrogens with one attached hydrogen (secondary N) is 1. The summed E-state index contributed by atoms with van der Waals surface area (Å²) in [4.78, 5) is 23.7. The van der Waals surface area contributed by atoms with Crippen LogP contribution in [0, 0.1) is 6.92 Å². The molecule has 140 valence electrons. The van der Waals surface area contributed by atoms with E-state index in [1.54, 1.807) is 54.6 Å². The standard InChI is InChI=1S/C23H19NO4/c1-16-7-5-6-10-21(16)28-19-13-11-17(12-14-19)15-20(23(26)27)24-22(25)18-8-3-2-4-9-18/h2-15H,1H3,(H,24,25)(H,26,27)/b20-15+. The van der Waals surface area contributed by atoms with Crippen LogP contribution in [0.15, 0.2) is 84.6 Å². The van der Waals surface area contributed by atoms with Crippen molar-refractivity contribution < 1.29 is 19.4 Å². The monoisotopic (exact) mass is 373 g/mol. The molecule has 0 radical (unpaired) electrons. The largest absolute Gasteiger partial charge is 0.477 e. The molecule has 0 aliphatic rings. The Morgan fingerprint density at radius 3 is 2.18 bits per heavy atom. The highest BCUT2D eigenvalue weighted by molar-refractivity contribution is 6.02. The lowest BCUT2D eigenvalue weighted by Crippen LogP contribution is -2.27. The second-order valence-corrected chi connectivity index (χ2v) is 6.12. The van der Waals surface area contributed by atoms with E-state index in [4.69, 9.17) is 4.74 Å². The molecule has 0 saturated heterocycles. The van der Waals surface area contributed by atoms with Crippen molar-refractivity contribution in [1.82, 2.24) is 5.32 Å². The van der Waals surface area contributed by atoms with Gasteiger partial charge in [0.1, 0.15) is 17.2 Å². The molecule has 1 amide bonds. The highest BCUT2D eigenvalue weighted by atomic mass is 16.5.